The SMILES string of the molecule is CCOc1ccc(-c2nn(-c3ccccc3)cc2CNC(=O)c2ccc(F)cc2)cc1F. The van der Waals surface area contributed by atoms with Crippen molar-refractivity contribution in [2.24, 2.45) is 0 Å². The van der Waals surface area contributed by atoms with Crippen molar-refractivity contribution in [3.05, 3.63) is 102 Å². The molecule has 0 radical (unpaired) electrons. The minimum Gasteiger partial charge on any atom is -0.491 e. The minimum absolute atomic E-state index is 0.160. The van der Waals surface area contributed by atoms with Crippen LogP contribution in [-0.2, 0) is 6.54 Å². The number of nitrogens with one attached hydrogen (secondary N) is 1. The fourth-order valence-corrected chi connectivity index (χ4v) is 3.29. The lowest BCUT2D eigenvalue weighted by Gasteiger charge is -2.08. The maximum absolute atomic E-state index is 14.5. The molecule has 4 aromatic rings. The molecule has 0 atom stereocenters. The summed E-state index contributed by atoms with van der Waals surface area (Å²) in [5.41, 5.74) is 2.97. The van der Waals surface area contributed by atoms with Gasteiger partial charge in [-0.05, 0) is 61.5 Å². The second-order valence-corrected chi connectivity index (χ2v) is 7.05. The van der Waals surface area contributed by atoms with Crippen LogP contribution in [0.2, 0.25) is 0 Å². The standard InChI is InChI=1S/C25H21F2N3O2/c1-2-32-23-13-10-18(14-22(23)27)24-19(16-30(29-24)21-6-4-3-5-7-21)15-28-25(31)17-8-11-20(26)12-9-17/h3-14,16H,2,15H2,1H3,(H,28,31). The van der Waals surface area contributed by atoms with Gasteiger partial charge in [-0.25, -0.2) is 13.5 Å². The van der Waals surface area contributed by atoms with Crippen LogP contribution in [0.1, 0.15) is 22.8 Å². The van der Waals surface area contributed by atoms with Crippen LogP contribution in [0, 0.1) is 11.6 Å². The van der Waals surface area contributed by atoms with Crippen LogP contribution < -0.4 is 10.1 Å². The molecule has 1 aromatic heterocycles. The molecule has 3 aromatic carbocycles. The molecule has 7 heteroatoms. The number of aromatic nitrogens is 2. The van der Waals surface area contributed by atoms with Gasteiger partial charge in [0.15, 0.2) is 11.6 Å². The lowest BCUT2D eigenvalue weighted by Crippen LogP contribution is -2.22. The molecule has 0 aliphatic rings. The molecule has 4 rings (SSSR count). The van der Waals surface area contributed by atoms with E-state index < -0.39 is 11.6 Å². The Balaban J connectivity index is 1.65. The van der Waals surface area contributed by atoms with Crippen LogP contribution in [0.25, 0.3) is 16.9 Å². The van der Waals surface area contributed by atoms with E-state index in [1.54, 1.807) is 29.9 Å². The van der Waals surface area contributed by atoms with Gasteiger partial charge in [0.2, 0.25) is 0 Å². The molecule has 1 N–H and O–H groups in total. The second-order valence-electron chi connectivity index (χ2n) is 7.05. The summed E-state index contributed by atoms with van der Waals surface area (Å²) in [5, 5.41) is 7.46. The molecule has 5 nitrogen and oxygen atoms in total. The third-order valence-electron chi connectivity index (χ3n) is 4.86. The van der Waals surface area contributed by atoms with Gasteiger partial charge in [0.25, 0.3) is 5.91 Å². The Bertz CT molecular complexity index is 1220. The summed E-state index contributed by atoms with van der Waals surface area (Å²) in [4.78, 5) is 12.5. The molecule has 0 saturated heterocycles. The first-order valence-corrected chi connectivity index (χ1v) is 10.2. The number of carbonyl (C=O) groups excluding carboxylic acids is 1. The van der Waals surface area contributed by atoms with Gasteiger partial charge in [0.05, 0.1) is 18.0 Å². The van der Waals surface area contributed by atoms with Crippen LogP contribution in [0.3, 0.4) is 0 Å². The lowest BCUT2D eigenvalue weighted by atomic mass is 10.1. The molecule has 0 unspecified atom stereocenters. The van der Waals surface area contributed by atoms with Crippen molar-refractivity contribution in [2.75, 3.05) is 6.61 Å². The fraction of sp³-hybridized carbons (Fsp3) is 0.120. The van der Waals surface area contributed by atoms with Crippen LogP contribution in [0.4, 0.5) is 8.78 Å². The van der Waals surface area contributed by atoms with Crippen molar-refractivity contribution in [2.45, 2.75) is 13.5 Å². The van der Waals surface area contributed by atoms with Gasteiger partial charge in [-0.3, -0.25) is 4.79 Å². The van der Waals surface area contributed by atoms with Crippen molar-refractivity contribution >= 4 is 5.91 Å². The highest BCUT2D eigenvalue weighted by atomic mass is 19.1. The highest BCUT2D eigenvalue weighted by Crippen LogP contribution is 2.28. The molecule has 1 heterocycles. The van der Waals surface area contributed by atoms with Gasteiger partial charge in [0, 0.05) is 29.4 Å². The van der Waals surface area contributed by atoms with Gasteiger partial charge in [0.1, 0.15) is 5.82 Å². The van der Waals surface area contributed by atoms with Crippen LogP contribution in [-0.4, -0.2) is 22.3 Å². The molecule has 0 bridgehead atoms. The molecule has 0 aliphatic carbocycles. The first-order chi connectivity index (χ1) is 15.5. The van der Waals surface area contributed by atoms with Gasteiger partial charge >= 0.3 is 0 Å². The Morgan fingerprint density at radius 1 is 1.03 bits per heavy atom. The molecule has 32 heavy (non-hydrogen) atoms. The van der Waals surface area contributed by atoms with Crippen LogP contribution >= 0.6 is 0 Å². The van der Waals surface area contributed by atoms with E-state index in [2.05, 4.69) is 10.4 Å². The zero-order valence-corrected chi connectivity index (χ0v) is 17.4. The Morgan fingerprint density at radius 3 is 2.47 bits per heavy atom. The monoisotopic (exact) mass is 433 g/mol. The molecular formula is C25H21F2N3O2. The first-order valence-electron chi connectivity index (χ1n) is 10.2. The number of hydrogen-bond donors (Lipinski definition) is 1. The Labute approximate surface area is 184 Å². The quantitative estimate of drug-likeness (QED) is 0.439. The van der Waals surface area contributed by atoms with Crippen LogP contribution in [0.15, 0.2) is 79.0 Å². The summed E-state index contributed by atoms with van der Waals surface area (Å²) in [6.45, 7) is 2.31. The predicted octanol–water partition coefficient (Wildman–Crippen LogP) is 5.15. The van der Waals surface area contributed by atoms with Gasteiger partial charge < -0.3 is 10.1 Å². The summed E-state index contributed by atoms with van der Waals surface area (Å²) in [7, 11) is 0. The Hall–Kier alpha value is -4.00. The number of carbonyl (C=O) groups is 1. The van der Waals surface area contributed by atoms with Crippen molar-refractivity contribution in [1.82, 2.24) is 15.1 Å². The highest BCUT2D eigenvalue weighted by Gasteiger charge is 2.16. The number of halogens is 2. The number of para-hydroxylation sites is 1. The average molecular weight is 433 g/mol. The van der Waals surface area contributed by atoms with Crippen LogP contribution in [0.5, 0.6) is 5.75 Å². The Morgan fingerprint density at radius 2 is 1.78 bits per heavy atom. The summed E-state index contributed by atoms with van der Waals surface area (Å²) >= 11 is 0. The van der Waals surface area contributed by atoms with E-state index in [1.165, 1.54) is 30.3 Å². The summed E-state index contributed by atoms with van der Waals surface area (Å²) < 4.78 is 34.6. The molecule has 0 fully saturated rings. The van der Waals surface area contributed by atoms with Gasteiger partial charge in [-0.2, -0.15) is 5.10 Å². The fourth-order valence-electron chi connectivity index (χ4n) is 3.29. The van der Waals surface area contributed by atoms with E-state index in [1.807, 2.05) is 30.3 Å². The number of ether oxygens (including phenoxy) is 1. The topological polar surface area (TPSA) is 56.1 Å². The third kappa shape index (κ3) is 4.67. The van der Waals surface area contributed by atoms with Crippen molar-refractivity contribution in [3.63, 3.8) is 0 Å². The minimum atomic E-state index is -0.486. The van der Waals surface area contributed by atoms with E-state index in [9.17, 15) is 13.6 Å². The largest absolute Gasteiger partial charge is 0.491 e. The van der Waals surface area contributed by atoms with E-state index in [4.69, 9.17) is 4.74 Å². The summed E-state index contributed by atoms with van der Waals surface area (Å²) in [5.74, 6) is -1.07. The molecular weight excluding hydrogens is 412 g/mol. The zero-order valence-electron chi connectivity index (χ0n) is 17.4. The summed E-state index contributed by atoms with van der Waals surface area (Å²) in [6.07, 6.45) is 1.80. The van der Waals surface area contributed by atoms with E-state index in [0.717, 1.165) is 5.69 Å². The highest BCUT2D eigenvalue weighted by molar-refractivity contribution is 5.94. The maximum Gasteiger partial charge on any atom is 0.251 e. The van der Waals surface area contributed by atoms with E-state index in [-0.39, 0.29) is 18.2 Å². The predicted molar refractivity (Wildman–Crippen MR) is 118 cm³/mol. The number of amides is 1. The number of nitrogens with zero attached hydrogens (tertiary/aromatic N) is 2. The maximum atomic E-state index is 14.5. The lowest BCUT2D eigenvalue weighted by molar-refractivity contribution is 0.0951. The van der Waals surface area contributed by atoms with Gasteiger partial charge in [-0.15, -0.1) is 0 Å². The number of hydrogen-bond acceptors (Lipinski definition) is 3. The van der Waals surface area contributed by atoms with Crippen molar-refractivity contribution in [1.29, 1.82) is 0 Å². The third-order valence-corrected chi connectivity index (χ3v) is 4.86. The molecule has 0 saturated carbocycles. The molecule has 162 valence electrons. The smallest absolute Gasteiger partial charge is 0.251 e. The van der Waals surface area contributed by atoms with Crippen molar-refractivity contribution < 1.29 is 18.3 Å². The van der Waals surface area contributed by atoms with E-state index >= 15 is 0 Å². The average Bonchev–Trinajstić information content (AvgIpc) is 3.24. The van der Waals surface area contributed by atoms with E-state index in [0.29, 0.717) is 29.0 Å². The Kier molecular flexibility index (Phi) is 6.26. The molecule has 0 spiro atoms. The molecule has 1 amide bonds. The summed E-state index contributed by atoms with van der Waals surface area (Å²) in [6, 6.07) is 19.5. The van der Waals surface area contributed by atoms with Crippen molar-refractivity contribution in [3.8, 4) is 22.7 Å². The first kappa shape index (κ1) is 21.2. The second kappa shape index (κ2) is 9.43. The van der Waals surface area contributed by atoms with Gasteiger partial charge in [-0.1, -0.05) is 18.2 Å². The zero-order chi connectivity index (χ0) is 22.5. The number of rotatable bonds is 7. The molecule has 0 aliphatic heterocycles. The normalized spacial score (nSPS) is 10.7. The number of benzene rings is 3.